The summed E-state index contributed by atoms with van der Waals surface area (Å²) >= 11 is 3.03. The first-order valence-electron chi connectivity index (χ1n) is 5.25. The van der Waals surface area contributed by atoms with Crippen molar-refractivity contribution in [1.82, 2.24) is 0 Å². The molecule has 1 N–H and O–H groups in total. The van der Waals surface area contributed by atoms with Crippen LogP contribution in [0.1, 0.15) is 36.0 Å². The van der Waals surface area contributed by atoms with Crippen molar-refractivity contribution in [1.29, 1.82) is 0 Å². The number of aliphatic hydroxyl groups is 1. The molecular weight excluding hydrogens is 256 g/mol. The Morgan fingerprint density at radius 1 is 1.47 bits per heavy atom. The number of carbonyl (C=O) groups is 1. The van der Waals surface area contributed by atoms with Crippen LogP contribution in [0, 0.1) is 0 Å². The van der Waals surface area contributed by atoms with Crippen LogP contribution in [0.3, 0.4) is 0 Å². The smallest absolute Gasteiger partial charge is 0.340 e. The highest BCUT2D eigenvalue weighted by Gasteiger charge is 2.21. The van der Waals surface area contributed by atoms with Crippen LogP contribution in [0.4, 0.5) is 0 Å². The number of aliphatic hydroxyl groups excluding tert-OH is 1. The minimum absolute atomic E-state index is 0.0137. The Morgan fingerprint density at radius 3 is 2.76 bits per heavy atom. The van der Waals surface area contributed by atoms with Gasteiger partial charge in [-0.1, -0.05) is 0 Å². The maximum Gasteiger partial charge on any atom is 0.340 e. The first-order chi connectivity index (χ1) is 7.90. The molecule has 0 atom stereocenters. The molecule has 2 rings (SSSR count). The summed E-state index contributed by atoms with van der Waals surface area (Å²) in [5, 5.41) is 11.8. The highest BCUT2D eigenvalue weighted by atomic mass is 32.2. The first kappa shape index (κ1) is 12.5. The highest BCUT2D eigenvalue weighted by Crippen LogP contribution is 2.34. The van der Waals surface area contributed by atoms with Gasteiger partial charge in [-0.3, -0.25) is 0 Å². The maximum atomic E-state index is 12.0. The Hall–Kier alpha value is -0.910. The van der Waals surface area contributed by atoms with Gasteiger partial charge < -0.3 is 9.84 Å². The fraction of sp³-hybridized carbons (Fsp3) is 0.417. The lowest BCUT2D eigenvalue weighted by Crippen LogP contribution is -2.23. The van der Waals surface area contributed by atoms with Crippen molar-refractivity contribution in [2.45, 2.75) is 33.0 Å². The molecule has 5 heteroatoms. The van der Waals surface area contributed by atoms with Crippen molar-refractivity contribution < 1.29 is 14.6 Å². The summed E-state index contributed by atoms with van der Waals surface area (Å²) in [6.45, 7) is 5.56. The van der Waals surface area contributed by atoms with Crippen LogP contribution in [0.2, 0.25) is 0 Å². The van der Waals surface area contributed by atoms with Crippen molar-refractivity contribution in [3.63, 3.8) is 0 Å². The number of hydrogen-bond acceptors (Lipinski definition) is 5. The SMILES string of the molecule is CC(C)(C)OC(=O)c1csc2sc(CO)cc12. The van der Waals surface area contributed by atoms with E-state index in [9.17, 15) is 4.79 Å². The van der Waals surface area contributed by atoms with Crippen molar-refractivity contribution in [3.05, 3.63) is 21.9 Å². The predicted molar refractivity (Wildman–Crippen MR) is 70.8 cm³/mol. The lowest BCUT2D eigenvalue weighted by Gasteiger charge is -2.19. The van der Waals surface area contributed by atoms with Crippen molar-refractivity contribution >= 4 is 38.0 Å². The molecule has 0 fully saturated rings. The largest absolute Gasteiger partial charge is 0.456 e. The molecule has 0 unspecified atom stereocenters. The number of ether oxygens (including phenoxy) is 1. The van der Waals surface area contributed by atoms with Gasteiger partial charge in [-0.2, -0.15) is 0 Å². The molecule has 0 spiro atoms. The number of rotatable bonds is 2. The summed E-state index contributed by atoms with van der Waals surface area (Å²) < 4.78 is 6.39. The number of carbonyl (C=O) groups excluding carboxylic acids is 1. The third-order valence-corrected chi connectivity index (χ3v) is 4.34. The maximum absolute atomic E-state index is 12.0. The quantitative estimate of drug-likeness (QED) is 0.851. The zero-order valence-electron chi connectivity index (χ0n) is 9.94. The van der Waals surface area contributed by atoms with Gasteiger partial charge in [0.25, 0.3) is 0 Å². The van der Waals surface area contributed by atoms with Crippen LogP contribution in [0.5, 0.6) is 0 Å². The summed E-state index contributed by atoms with van der Waals surface area (Å²) in [5.74, 6) is -0.300. The van der Waals surface area contributed by atoms with Crippen LogP contribution in [0.15, 0.2) is 11.4 Å². The van der Waals surface area contributed by atoms with Gasteiger partial charge in [0.15, 0.2) is 0 Å². The Balaban J connectivity index is 2.35. The van der Waals surface area contributed by atoms with E-state index in [-0.39, 0.29) is 12.6 Å². The summed E-state index contributed by atoms with van der Waals surface area (Å²) in [4.78, 5) is 12.8. The van der Waals surface area contributed by atoms with Gasteiger partial charge in [0.2, 0.25) is 0 Å². The fourth-order valence-electron chi connectivity index (χ4n) is 1.44. The predicted octanol–water partition coefficient (Wildman–Crippen LogP) is 3.41. The van der Waals surface area contributed by atoms with E-state index in [1.54, 1.807) is 0 Å². The minimum Gasteiger partial charge on any atom is -0.456 e. The molecule has 0 saturated heterocycles. The van der Waals surface area contributed by atoms with Gasteiger partial charge in [-0.25, -0.2) is 4.79 Å². The van der Waals surface area contributed by atoms with Crippen LogP contribution in [-0.2, 0) is 11.3 Å². The van der Waals surface area contributed by atoms with E-state index in [0.29, 0.717) is 5.56 Å². The fourth-order valence-corrected chi connectivity index (χ4v) is 3.60. The second-order valence-corrected chi connectivity index (χ2v) is 7.00. The average Bonchev–Trinajstić information content (AvgIpc) is 2.71. The Bertz CT molecular complexity index is 546. The monoisotopic (exact) mass is 270 g/mol. The molecule has 0 amide bonds. The lowest BCUT2D eigenvalue weighted by molar-refractivity contribution is 0.00724. The molecule has 0 aromatic carbocycles. The Morgan fingerprint density at radius 2 is 2.18 bits per heavy atom. The summed E-state index contributed by atoms with van der Waals surface area (Å²) in [5.41, 5.74) is 0.108. The molecule has 3 nitrogen and oxygen atoms in total. The second-order valence-electron chi connectivity index (χ2n) is 4.72. The first-order valence-corrected chi connectivity index (χ1v) is 6.94. The van der Waals surface area contributed by atoms with Gasteiger partial charge in [0.05, 0.1) is 16.2 Å². The molecular formula is C12H14O3S2. The molecule has 0 aliphatic carbocycles. The van der Waals surface area contributed by atoms with Gasteiger partial charge in [0, 0.05) is 15.6 Å². The lowest BCUT2D eigenvalue weighted by atomic mass is 10.2. The van der Waals surface area contributed by atoms with Crippen LogP contribution in [-0.4, -0.2) is 16.7 Å². The number of esters is 1. The summed E-state index contributed by atoms with van der Waals surface area (Å²) in [6.07, 6.45) is 0. The van der Waals surface area contributed by atoms with Gasteiger partial charge in [-0.05, 0) is 26.8 Å². The van der Waals surface area contributed by atoms with E-state index in [0.717, 1.165) is 14.3 Å². The van der Waals surface area contributed by atoms with Gasteiger partial charge in [0.1, 0.15) is 5.60 Å². The van der Waals surface area contributed by atoms with Crippen molar-refractivity contribution in [2.24, 2.45) is 0 Å². The van der Waals surface area contributed by atoms with E-state index in [1.165, 1.54) is 22.7 Å². The van der Waals surface area contributed by atoms with Crippen molar-refractivity contribution in [3.8, 4) is 0 Å². The molecule has 2 aromatic rings. The van der Waals surface area contributed by atoms with Crippen molar-refractivity contribution in [2.75, 3.05) is 0 Å². The van der Waals surface area contributed by atoms with E-state index in [4.69, 9.17) is 9.84 Å². The zero-order valence-corrected chi connectivity index (χ0v) is 11.6. The van der Waals surface area contributed by atoms with Crippen LogP contribution in [0.25, 0.3) is 9.40 Å². The third-order valence-electron chi connectivity index (χ3n) is 2.10. The topological polar surface area (TPSA) is 46.5 Å². The number of hydrogen-bond donors (Lipinski definition) is 1. The summed E-state index contributed by atoms with van der Waals surface area (Å²) in [7, 11) is 0. The zero-order chi connectivity index (χ0) is 12.6. The van der Waals surface area contributed by atoms with Crippen LogP contribution < -0.4 is 0 Å². The number of thiophene rings is 2. The van der Waals surface area contributed by atoms with E-state index >= 15 is 0 Å². The third kappa shape index (κ3) is 2.68. The minimum atomic E-state index is -0.485. The molecule has 0 aliphatic heterocycles. The normalized spacial score (nSPS) is 12.0. The second kappa shape index (κ2) is 4.40. The molecule has 92 valence electrons. The molecule has 0 radical (unpaired) electrons. The van der Waals surface area contributed by atoms with E-state index in [2.05, 4.69) is 0 Å². The highest BCUT2D eigenvalue weighted by molar-refractivity contribution is 7.37. The molecule has 0 aliphatic rings. The van der Waals surface area contributed by atoms with Crippen LogP contribution >= 0.6 is 22.7 Å². The molecule has 0 bridgehead atoms. The summed E-state index contributed by atoms with van der Waals surface area (Å²) in [6, 6.07) is 1.86. The van der Waals surface area contributed by atoms with E-state index in [1.807, 2.05) is 32.2 Å². The van der Waals surface area contributed by atoms with Gasteiger partial charge in [-0.15, -0.1) is 22.7 Å². The average molecular weight is 270 g/mol. The Labute approximate surface area is 108 Å². The molecule has 2 aromatic heterocycles. The van der Waals surface area contributed by atoms with E-state index < -0.39 is 5.60 Å². The van der Waals surface area contributed by atoms with Gasteiger partial charge >= 0.3 is 5.97 Å². The standard InChI is InChI=1S/C12H14O3S2/c1-12(2,3)15-10(14)9-6-16-11-8(9)4-7(5-13)17-11/h4,6,13H,5H2,1-3H3. The Kier molecular flexibility index (Phi) is 3.25. The number of fused-ring (bicyclic) bond motifs is 1. The molecule has 0 saturated carbocycles. The molecule has 17 heavy (non-hydrogen) atoms. The molecule has 2 heterocycles.